The Labute approximate surface area is 79.1 Å². The summed E-state index contributed by atoms with van der Waals surface area (Å²) in [5.74, 6) is 0. The van der Waals surface area contributed by atoms with E-state index in [9.17, 15) is 9.59 Å². The maximum Gasteiger partial charge on any atom is 0.409 e. The van der Waals surface area contributed by atoms with Gasteiger partial charge in [0.2, 0.25) is 0 Å². The third-order valence-corrected chi connectivity index (χ3v) is 1.74. The lowest BCUT2D eigenvalue weighted by Crippen LogP contribution is -2.09. The monoisotopic (exact) mass is 199 g/mol. The van der Waals surface area contributed by atoms with Crippen LogP contribution in [0.1, 0.15) is 10.4 Å². The molecule has 0 aliphatic heterocycles. The molecule has 2 N–H and O–H groups in total. The first-order chi connectivity index (χ1) is 6.15. The highest BCUT2D eigenvalue weighted by Crippen LogP contribution is 2.21. The molecule has 0 atom stereocenters. The zero-order chi connectivity index (χ0) is 9.84. The smallest absolute Gasteiger partial charge is 0.409 e. The van der Waals surface area contributed by atoms with Gasteiger partial charge in [-0.25, -0.2) is 4.79 Å². The van der Waals surface area contributed by atoms with E-state index in [0.29, 0.717) is 6.29 Å². The molecule has 0 fully saturated rings. The van der Waals surface area contributed by atoms with Crippen molar-refractivity contribution >= 4 is 29.7 Å². The number of hydrogen-bond acceptors (Lipinski definition) is 2. The SMILES string of the molecule is O=Cc1c(Cl)cccc1NC(=O)O. The number of amides is 1. The summed E-state index contributed by atoms with van der Waals surface area (Å²) < 4.78 is 0. The number of carbonyl (C=O) groups is 2. The van der Waals surface area contributed by atoms with E-state index < -0.39 is 6.09 Å². The van der Waals surface area contributed by atoms with Gasteiger partial charge in [-0.05, 0) is 12.1 Å². The van der Waals surface area contributed by atoms with Gasteiger partial charge in [0, 0.05) is 0 Å². The van der Waals surface area contributed by atoms with Crippen LogP contribution < -0.4 is 5.32 Å². The van der Waals surface area contributed by atoms with Crippen LogP contribution in [0, 0.1) is 0 Å². The molecule has 0 aromatic heterocycles. The second-order valence-electron chi connectivity index (χ2n) is 2.25. The van der Waals surface area contributed by atoms with Crippen LogP contribution in [0.2, 0.25) is 5.02 Å². The molecule has 0 saturated carbocycles. The van der Waals surface area contributed by atoms with Crippen LogP contribution in [0.5, 0.6) is 0 Å². The Kier molecular flexibility index (Phi) is 2.87. The van der Waals surface area contributed by atoms with E-state index in [1.807, 2.05) is 0 Å². The fourth-order valence-corrected chi connectivity index (χ4v) is 1.10. The summed E-state index contributed by atoms with van der Waals surface area (Å²) in [5.41, 5.74) is 0.335. The molecule has 1 aromatic rings. The minimum absolute atomic E-state index is 0.145. The molecule has 4 nitrogen and oxygen atoms in total. The van der Waals surface area contributed by atoms with Crippen LogP contribution in [0.15, 0.2) is 18.2 Å². The van der Waals surface area contributed by atoms with Gasteiger partial charge in [0.25, 0.3) is 0 Å². The molecule has 5 heteroatoms. The van der Waals surface area contributed by atoms with Crippen LogP contribution in [0.25, 0.3) is 0 Å². The minimum Gasteiger partial charge on any atom is -0.465 e. The molecule has 0 radical (unpaired) electrons. The number of rotatable bonds is 2. The second-order valence-corrected chi connectivity index (χ2v) is 2.66. The molecule has 1 aromatic carbocycles. The van der Waals surface area contributed by atoms with Crippen LogP contribution in [0.3, 0.4) is 0 Å². The molecule has 0 unspecified atom stereocenters. The Morgan fingerprint density at radius 2 is 2.23 bits per heavy atom. The number of hydrogen-bond donors (Lipinski definition) is 2. The van der Waals surface area contributed by atoms with Gasteiger partial charge in [-0.3, -0.25) is 10.1 Å². The first kappa shape index (κ1) is 9.54. The van der Waals surface area contributed by atoms with Crippen molar-refractivity contribution in [3.05, 3.63) is 28.8 Å². The third kappa shape index (κ3) is 2.19. The highest BCUT2D eigenvalue weighted by Gasteiger charge is 2.07. The van der Waals surface area contributed by atoms with Crippen molar-refractivity contribution in [3.63, 3.8) is 0 Å². The van der Waals surface area contributed by atoms with Gasteiger partial charge in [0.15, 0.2) is 6.29 Å². The van der Waals surface area contributed by atoms with E-state index >= 15 is 0 Å². The zero-order valence-corrected chi connectivity index (χ0v) is 7.21. The summed E-state index contributed by atoms with van der Waals surface area (Å²) in [6.07, 6.45) is -0.724. The van der Waals surface area contributed by atoms with E-state index in [4.69, 9.17) is 16.7 Å². The summed E-state index contributed by atoms with van der Waals surface area (Å²) in [4.78, 5) is 20.8. The topological polar surface area (TPSA) is 66.4 Å². The molecule has 0 aliphatic carbocycles. The van der Waals surface area contributed by atoms with E-state index in [2.05, 4.69) is 5.32 Å². The molecular formula is C8H6ClNO3. The molecule has 1 amide bonds. The third-order valence-electron chi connectivity index (χ3n) is 1.41. The molecule has 0 bridgehead atoms. The number of carboxylic acid groups (broad SMARTS) is 1. The van der Waals surface area contributed by atoms with Crippen LogP contribution in [0.4, 0.5) is 10.5 Å². The maximum atomic E-state index is 10.5. The summed E-state index contributed by atoms with van der Waals surface area (Å²) in [6.45, 7) is 0. The van der Waals surface area contributed by atoms with Crippen molar-refractivity contribution in [3.8, 4) is 0 Å². The van der Waals surface area contributed by atoms with Crippen LogP contribution >= 0.6 is 11.6 Å². The molecule has 0 spiro atoms. The lowest BCUT2D eigenvalue weighted by Gasteiger charge is -2.04. The van der Waals surface area contributed by atoms with Gasteiger partial charge in [-0.15, -0.1) is 0 Å². The van der Waals surface area contributed by atoms with Gasteiger partial charge in [0.05, 0.1) is 16.3 Å². The number of carbonyl (C=O) groups excluding carboxylic acids is 1. The van der Waals surface area contributed by atoms with Crippen molar-refractivity contribution in [2.75, 3.05) is 5.32 Å². The van der Waals surface area contributed by atoms with E-state index in [0.717, 1.165) is 0 Å². The standard InChI is InChI=1S/C8H6ClNO3/c9-6-2-1-3-7(5(6)4-11)10-8(12)13/h1-4,10H,(H,12,13). The van der Waals surface area contributed by atoms with Gasteiger partial charge in [-0.2, -0.15) is 0 Å². The van der Waals surface area contributed by atoms with Gasteiger partial charge in [-0.1, -0.05) is 17.7 Å². The van der Waals surface area contributed by atoms with Crippen molar-refractivity contribution in [1.29, 1.82) is 0 Å². The Hall–Kier alpha value is -1.55. The summed E-state index contributed by atoms with van der Waals surface area (Å²) in [7, 11) is 0. The molecule has 13 heavy (non-hydrogen) atoms. The average Bonchev–Trinajstić information content (AvgIpc) is 2.03. The van der Waals surface area contributed by atoms with Crippen molar-refractivity contribution < 1.29 is 14.7 Å². The highest BCUT2D eigenvalue weighted by atomic mass is 35.5. The summed E-state index contributed by atoms with van der Waals surface area (Å²) >= 11 is 5.65. The zero-order valence-electron chi connectivity index (χ0n) is 6.45. The predicted octanol–water partition coefficient (Wildman–Crippen LogP) is 2.24. The number of benzene rings is 1. The van der Waals surface area contributed by atoms with Crippen molar-refractivity contribution in [2.24, 2.45) is 0 Å². The minimum atomic E-state index is -1.23. The molecule has 1 rings (SSSR count). The number of nitrogens with one attached hydrogen (secondary N) is 1. The molecule has 0 saturated heterocycles. The lowest BCUT2D eigenvalue weighted by atomic mass is 10.2. The Morgan fingerprint density at radius 3 is 2.77 bits per heavy atom. The van der Waals surface area contributed by atoms with Crippen LogP contribution in [-0.4, -0.2) is 17.5 Å². The van der Waals surface area contributed by atoms with Gasteiger partial charge >= 0.3 is 6.09 Å². The number of aldehydes is 1. The number of halogens is 1. The summed E-state index contributed by atoms with van der Waals surface area (Å²) in [5, 5.41) is 10.7. The van der Waals surface area contributed by atoms with Crippen LogP contribution in [-0.2, 0) is 0 Å². The molecular weight excluding hydrogens is 194 g/mol. The van der Waals surface area contributed by atoms with E-state index in [1.54, 1.807) is 6.07 Å². The van der Waals surface area contributed by atoms with Gasteiger partial charge in [0.1, 0.15) is 0 Å². The Bertz CT molecular complexity index is 351. The fraction of sp³-hybridized carbons (Fsp3) is 0. The maximum absolute atomic E-state index is 10.5. The van der Waals surface area contributed by atoms with Gasteiger partial charge < -0.3 is 5.11 Å². The number of anilines is 1. The Balaban J connectivity index is 3.12. The van der Waals surface area contributed by atoms with E-state index in [-0.39, 0.29) is 16.3 Å². The first-order valence-corrected chi connectivity index (χ1v) is 3.76. The van der Waals surface area contributed by atoms with Crippen molar-refractivity contribution in [1.82, 2.24) is 0 Å². The molecule has 0 heterocycles. The molecule has 0 aliphatic rings. The predicted molar refractivity (Wildman–Crippen MR) is 48.5 cm³/mol. The largest absolute Gasteiger partial charge is 0.465 e. The quantitative estimate of drug-likeness (QED) is 0.718. The summed E-state index contributed by atoms with van der Waals surface area (Å²) in [6, 6.07) is 4.53. The van der Waals surface area contributed by atoms with E-state index in [1.165, 1.54) is 12.1 Å². The normalized spacial score (nSPS) is 9.31. The first-order valence-electron chi connectivity index (χ1n) is 3.39. The lowest BCUT2D eigenvalue weighted by molar-refractivity contribution is 0.112. The average molecular weight is 200 g/mol. The highest BCUT2D eigenvalue weighted by molar-refractivity contribution is 6.33. The fourth-order valence-electron chi connectivity index (χ4n) is 0.881. The second kappa shape index (κ2) is 3.91. The van der Waals surface area contributed by atoms with Crippen molar-refractivity contribution in [2.45, 2.75) is 0 Å². The molecule has 68 valence electrons. The Morgan fingerprint density at radius 1 is 1.54 bits per heavy atom.